The van der Waals surface area contributed by atoms with E-state index in [-0.39, 0.29) is 36.3 Å². The van der Waals surface area contributed by atoms with Crippen molar-refractivity contribution in [3.8, 4) is 0 Å². The van der Waals surface area contributed by atoms with Gasteiger partial charge in [-0.3, -0.25) is 19.3 Å². The van der Waals surface area contributed by atoms with E-state index in [0.717, 1.165) is 6.42 Å². The van der Waals surface area contributed by atoms with E-state index < -0.39 is 0 Å². The van der Waals surface area contributed by atoms with Gasteiger partial charge in [0.15, 0.2) is 0 Å². The Bertz CT molecular complexity index is 781. The quantitative estimate of drug-likeness (QED) is 0.710. The number of anilines is 1. The fraction of sp³-hybridized carbons (Fsp3) is 0.550. The summed E-state index contributed by atoms with van der Waals surface area (Å²) in [5.74, 6) is -0.547. The average Bonchev–Trinajstić information content (AvgIpc) is 3.17. The van der Waals surface area contributed by atoms with Gasteiger partial charge in [0.1, 0.15) is 0 Å². The Kier molecular flexibility index (Phi) is 7.38. The number of hydrogen-bond donors (Lipinski definition) is 1. The summed E-state index contributed by atoms with van der Waals surface area (Å²) in [6, 6.07) is 4.53. The number of likely N-dealkylation sites (tertiary alicyclic amines) is 2. The molecule has 0 spiro atoms. The van der Waals surface area contributed by atoms with Crippen LogP contribution in [0.5, 0.6) is 0 Å². The SMILES string of the molecule is COC(=O)C1CCN(C(=O)CN2CCC[C@H]2C(=O)Nc2ccc(Cl)cc2Cl)CC1. The number of rotatable bonds is 5. The molecule has 158 valence electrons. The molecule has 0 bridgehead atoms. The van der Waals surface area contributed by atoms with E-state index in [4.69, 9.17) is 27.9 Å². The molecule has 0 aromatic heterocycles. The highest BCUT2D eigenvalue weighted by Gasteiger charge is 2.34. The predicted molar refractivity (Wildman–Crippen MR) is 111 cm³/mol. The molecule has 2 amide bonds. The summed E-state index contributed by atoms with van der Waals surface area (Å²) in [7, 11) is 1.38. The Morgan fingerprint density at radius 1 is 1.14 bits per heavy atom. The van der Waals surface area contributed by atoms with Crippen LogP contribution in [0, 0.1) is 5.92 Å². The van der Waals surface area contributed by atoms with Gasteiger partial charge in [0.25, 0.3) is 0 Å². The third-order valence-corrected chi connectivity index (χ3v) is 6.12. The van der Waals surface area contributed by atoms with Crippen LogP contribution in [0.3, 0.4) is 0 Å². The summed E-state index contributed by atoms with van der Waals surface area (Å²) < 4.78 is 4.79. The number of esters is 1. The van der Waals surface area contributed by atoms with Crippen LogP contribution >= 0.6 is 23.2 Å². The Morgan fingerprint density at radius 2 is 1.86 bits per heavy atom. The lowest BCUT2D eigenvalue weighted by Gasteiger charge is -2.32. The highest BCUT2D eigenvalue weighted by molar-refractivity contribution is 6.36. The van der Waals surface area contributed by atoms with Crippen molar-refractivity contribution in [2.24, 2.45) is 5.92 Å². The van der Waals surface area contributed by atoms with Gasteiger partial charge in [-0.1, -0.05) is 23.2 Å². The molecule has 2 fully saturated rings. The van der Waals surface area contributed by atoms with Gasteiger partial charge in [-0.25, -0.2) is 0 Å². The second-order valence-corrected chi connectivity index (χ2v) is 8.26. The smallest absolute Gasteiger partial charge is 0.308 e. The molecule has 2 aliphatic rings. The summed E-state index contributed by atoms with van der Waals surface area (Å²) in [5.41, 5.74) is 0.504. The zero-order chi connectivity index (χ0) is 21.0. The van der Waals surface area contributed by atoms with Crippen LogP contribution in [0.4, 0.5) is 5.69 Å². The van der Waals surface area contributed by atoms with Crippen molar-refractivity contribution in [2.75, 3.05) is 38.6 Å². The fourth-order valence-electron chi connectivity index (χ4n) is 3.92. The number of halogens is 2. The summed E-state index contributed by atoms with van der Waals surface area (Å²) in [4.78, 5) is 40.8. The van der Waals surface area contributed by atoms with Gasteiger partial charge in [0, 0.05) is 18.1 Å². The van der Waals surface area contributed by atoms with Crippen LogP contribution in [0.25, 0.3) is 0 Å². The molecule has 0 radical (unpaired) electrons. The molecule has 2 saturated heterocycles. The van der Waals surface area contributed by atoms with Crippen molar-refractivity contribution in [1.29, 1.82) is 0 Å². The highest BCUT2D eigenvalue weighted by atomic mass is 35.5. The number of amides is 2. The first-order chi connectivity index (χ1) is 13.9. The van der Waals surface area contributed by atoms with Crippen molar-refractivity contribution in [2.45, 2.75) is 31.7 Å². The number of carbonyl (C=O) groups is 3. The van der Waals surface area contributed by atoms with E-state index in [1.807, 2.05) is 4.90 Å². The molecule has 0 saturated carbocycles. The second kappa shape index (κ2) is 9.78. The third-order valence-electron chi connectivity index (χ3n) is 5.58. The third kappa shape index (κ3) is 5.41. The van der Waals surface area contributed by atoms with Crippen molar-refractivity contribution in [3.63, 3.8) is 0 Å². The van der Waals surface area contributed by atoms with E-state index in [1.54, 1.807) is 23.1 Å². The number of nitrogens with one attached hydrogen (secondary N) is 1. The van der Waals surface area contributed by atoms with E-state index in [2.05, 4.69) is 5.32 Å². The number of nitrogens with zero attached hydrogens (tertiary/aromatic N) is 2. The topological polar surface area (TPSA) is 79.0 Å². The average molecular weight is 442 g/mol. The first-order valence-corrected chi connectivity index (χ1v) is 10.5. The molecule has 29 heavy (non-hydrogen) atoms. The molecule has 7 nitrogen and oxygen atoms in total. The fourth-order valence-corrected chi connectivity index (χ4v) is 4.38. The molecule has 0 aliphatic carbocycles. The number of benzene rings is 1. The van der Waals surface area contributed by atoms with Crippen molar-refractivity contribution < 1.29 is 19.1 Å². The van der Waals surface area contributed by atoms with Crippen LogP contribution < -0.4 is 5.32 Å². The lowest BCUT2D eigenvalue weighted by molar-refractivity contribution is -0.149. The summed E-state index contributed by atoms with van der Waals surface area (Å²) in [6.45, 7) is 1.94. The van der Waals surface area contributed by atoms with Gasteiger partial charge < -0.3 is 15.0 Å². The van der Waals surface area contributed by atoms with Crippen molar-refractivity contribution in [3.05, 3.63) is 28.2 Å². The van der Waals surface area contributed by atoms with Crippen LogP contribution in [0.15, 0.2) is 18.2 Å². The largest absolute Gasteiger partial charge is 0.469 e. The van der Waals surface area contributed by atoms with Crippen LogP contribution in [-0.4, -0.2) is 66.9 Å². The first kappa shape index (κ1) is 21.9. The molecule has 1 N–H and O–H groups in total. The van der Waals surface area contributed by atoms with Gasteiger partial charge in [-0.15, -0.1) is 0 Å². The zero-order valence-corrected chi connectivity index (χ0v) is 17.8. The minimum Gasteiger partial charge on any atom is -0.469 e. The van der Waals surface area contributed by atoms with E-state index in [9.17, 15) is 14.4 Å². The number of hydrogen-bond acceptors (Lipinski definition) is 5. The van der Waals surface area contributed by atoms with Crippen LogP contribution in [-0.2, 0) is 19.1 Å². The summed E-state index contributed by atoms with van der Waals surface area (Å²) >= 11 is 12.0. The molecule has 1 atom stereocenters. The molecule has 2 aliphatic heterocycles. The molecule has 3 rings (SSSR count). The first-order valence-electron chi connectivity index (χ1n) is 9.74. The minimum atomic E-state index is -0.377. The lowest BCUT2D eigenvalue weighted by atomic mass is 9.97. The number of piperidine rings is 1. The van der Waals surface area contributed by atoms with Gasteiger partial charge in [-0.2, -0.15) is 0 Å². The molecular weight excluding hydrogens is 417 g/mol. The molecule has 0 unspecified atom stereocenters. The standard InChI is InChI=1S/C20H25Cl2N3O4/c1-29-20(28)13-6-9-24(10-7-13)18(26)12-25-8-2-3-17(25)19(27)23-16-5-4-14(21)11-15(16)22/h4-5,11,13,17H,2-3,6-10,12H2,1H3,(H,23,27)/t17-/m0/s1. The van der Waals surface area contributed by atoms with Gasteiger partial charge >= 0.3 is 5.97 Å². The van der Waals surface area contributed by atoms with Gasteiger partial charge in [0.05, 0.1) is 36.3 Å². The molecule has 1 aromatic rings. The zero-order valence-electron chi connectivity index (χ0n) is 16.3. The Balaban J connectivity index is 1.54. The van der Waals surface area contributed by atoms with E-state index in [1.165, 1.54) is 7.11 Å². The van der Waals surface area contributed by atoms with Crippen molar-refractivity contribution in [1.82, 2.24) is 9.80 Å². The molecule has 1 aromatic carbocycles. The normalized spacial score (nSPS) is 20.5. The Labute approximate surface area is 180 Å². The maximum absolute atomic E-state index is 12.8. The molecule has 9 heteroatoms. The van der Waals surface area contributed by atoms with Crippen LogP contribution in [0.1, 0.15) is 25.7 Å². The monoisotopic (exact) mass is 441 g/mol. The second-order valence-electron chi connectivity index (χ2n) is 7.42. The maximum Gasteiger partial charge on any atom is 0.308 e. The number of carbonyl (C=O) groups excluding carboxylic acids is 3. The van der Waals surface area contributed by atoms with Crippen LogP contribution in [0.2, 0.25) is 10.0 Å². The Hall–Kier alpha value is -1.83. The maximum atomic E-state index is 12.8. The van der Waals surface area contributed by atoms with Gasteiger partial charge in [-0.05, 0) is 50.4 Å². The molecule has 2 heterocycles. The van der Waals surface area contributed by atoms with Crippen molar-refractivity contribution >= 4 is 46.7 Å². The lowest BCUT2D eigenvalue weighted by Crippen LogP contribution is -2.48. The highest BCUT2D eigenvalue weighted by Crippen LogP contribution is 2.27. The number of ether oxygens (including phenoxy) is 1. The molecular formula is C20H25Cl2N3O4. The van der Waals surface area contributed by atoms with E-state index in [0.29, 0.717) is 54.6 Å². The van der Waals surface area contributed by atoms with E-state index >= 15 is 0 Å². The summed E-state index contributed by atoms with van der Waals surface area (Å²) in [6.07, 6.45) is 2.76. The predicted octanol–water partition coefficient (Wildman–Crippen LogP) is 2.81. The van der Waals surface area contributed by atoms with Gasteiger partial charge in [0.2, 0.25) is 11.8 Å². The summed E-state index contributed by atoms with van der Waals surface area (Å²) in [5, 5.41) is 3.71. The Morgan fingerprint density at radius 3 is 2.52 bits per heavy atom. The minimum absolute atomic E-state index is 0.0162. The number of methoxy groups -OCH3 is 1.